The SMILES string of the molecule is COc1cc(C(c2ccco2)N2CCC(C(=O)O)CC2)ccc1OCc1ccccc1. The van der Waals surface area contributed by atoms with Crippen molar-refractivity contribution in [1.82, 2.24) is 4.90 Å². The molecule has 6 nitrogen and oxygen atoms in total. The van der Waals surface area contributed by atoms with Crippen LogP contribution < -0.4 is 9.47 Å². The first-order valence-corrected chi connectivity index (χ1v) is 10.5. The molecule has 1 N–H and O–H groups in total. The Morgan fingerprint density at radius 2 is 1.87 bits per heavy atom. The molecule has 0 spiro atoms. The van der Waals surface area contributed by atoms with E-state index >= 15 is 0 Å². The van der Waals surface area contributed by atoms with E-state index in [4.69, 9.17) is 13.9 Å². The summed E-state index contributed by atoms with van der Waals surface area (Å²) in [6.07, 6.45) is 2.92. The smallest absolute Gasteiger partial charge is 0.306 e. The van der Waals surface area contributed by atoms with Gasteiger partial charge in [-0.15, -0.1) is 0 Å². The van der Waals surface area contributed by atoms with E-state index in [1.54, 1.807) is 13.4 Å². The zero-order valence-corrected chi connectivity index (χ0v) is 17.6. The van der Waals surface area contributed by atoms with E-state index in [2.05, 4.69) is 4.90 Å². The molecular weight excluding hydrogens is 394 g/mol. The van der Waals surface area contributed by atoms with E-state index in [1.807, 2.05) is 60.7 Å². The lowest BCUT2D eigenvalue weighted by Gasteiger charge is -2.36. The minimum Gasteiger partial charge on any atom is -0.493 e. The molecule has 1 unspecified atom stereocenters. The van der Waals surface area contributed by atoms with Crippen LogP contribution in [0.5, 0.6) is 11.5 Å². The van der Waals surface area contributed by atoms with Crippen LogP contribution in [0.3, 0.4) is 0 Å². The van der Waals surface area contributed by atoms with Gasteiger partial charge in [-0.25, -0.2) is 0 Å². The van der Waals surface area contributed by atoms with Crippen LogP contribution in [0.15, 0.2) is 71.3 Å². The van der Waals surface area contributed by atoms with Crippen LogP contribution in [-0.2, 0) is 11.4 Å². The predicted octanol–water partition coefficient (Wildman–Crippen LogP) is 4.75. The largest absolute Gasteiger partial charge is 0.493 e. The van der Waals surface area contributed by atoms with Gasteiger partial charge in [-0.3, -0.25) is 9.69 Å². The van der Waals surface area contributed by atoms with Gasteiger partial charge in [-0.05, 0) is 61.3 Å². The number of hydrogen-bond acceptors (Lipinski definition) is 5. The number of rotatable bonds is 8. The maximum absolute atomic E-state index is 11.3. The Hall–Kier alpha value is -3.25. The van der Waals surface area contributed by atoms with Crippen molar-refractivity contribution in [2.45, 2.75) is 25.5 Å². The van der Waals surface area contributed by atoms with Crippen molar-refractivity contribution in [1.29, 1.82) is 0 Å². The van der Waals surface area contributed by atoms with Crippen LogP contribution in [0.2, 0.25) is 0 Å². The molecule has 1 saturated heterocycles. The molecule has 1 aliphatic heterocycles. The van der Waals surface area contributed by atoms with Crippen molar-refractivity contribution >= 4 is 5.97 Å². The highest BCUT2D eigenvalue weighted by Gasteiger charge is 2.32. The van der Waals surface area contributed by atoms with Crippen LogP contribution in [0.1, 0.15) is 35.8 Å². The number of piperidine rings is 1. The quantitative estimate of drug-likeness (QED) is 0.566. The number of benzene rings is 2. The summed E-state index contributed by atoms with van der Waals surface area (Å²) in [6.45, 7) is 1.84. The number of hydrogen-bond donors (Lipinski definition) is 1. The number of carbonyl (C=O) groups is 1. The van der Waals surface area contributed by atoms with Gasteiger partial charge in [0, 0.05) is 0 Å². The van der Waals surface area contributed by atoms with Crippen LogP contribution >= 0.6 is 0 Å². The Kier molecular flexibility index (Phi) is 6.57. The van der Waals surface area contributed by atoms with Crippen LogP contribution in [-0.4, -0.2) is 36.2 Å². The second-order valence-electron chi connectivity index (χ2n) is 7.75. The maximum atomic E-state index is 11.3. The van der Waals surface area contributed by atoms with Gasteiger partial charge in [-0.1, -0.05) is 36.4 Å². The molecule has 0 saturated carbocycles. The fourth-order valence-electron chi connectivity index (χ4n) is 4.12. The molecule has 31 heavy (non-hydrogen) atoms. The van der Waals surface area contributed by atoms with Gasteiger partial charge in [0.25, 0.3) is 0 Å². The monoisotopic (exact) mass is 421 g/mol. The molecule has 3 aromatic rings. The molecule has 1 aromatic heterocycles. The van der Waals surface area contributed by atoms with Gasteiger partial charge < -0.3 is 19.0 Å². The highest BCUT2D eigenvalue weighted by molar-refractivity contribution is 5.70. The number of carboxylic acid groups (broad SMARTS) is 1. The average molecular weight is 421 g/mol. The summed E-state index contributed by atoms with van der Waals surface area (Å²) >= 11 is 0. The minimum absolute atomic E-state index is 0.109. The van der Waals surface area contributed by atoms with Crippen molar-refractivity contribution in [3.63, 3.8) is 0 Å². The summed E-state index contributed by atoms with van der Waals surface area (Å²) < 4.78 is 17.4. The lowest BCUT2D eigenvalue weighted by Crippen LogP contribution is -2.39. The van der Waals surface area contributed by atoms with Gasteiger partial charge in [0.15, 0.2) is 11.5 Å². The second kappa shape index (κ2) is 9.71. The number of ether oxygens (including phenoxy) is 2. The standard InChI is InChI=1S/C25H27NO5/c1-29-23-16-20(9-10-21(23)31-17-18-6-3-2-4-7-18)24(22-8-5-15-30-22)26-13-11-19(12-14-26)25(27)28/h2-10,15-16,19,24H,11-14,17H2,1H3,(H,27,28). The summed E-state index contributed by atoms with van der Waals surface area (Å²) in [5.74, 6) is 1.17. The lowest BCUT2D eigenvalue weighted by molar-refractivity contribution is -0.143. The van der Waals surface area contributed by atoms with Gasteiger partial charge in [0.2, 0.25) is 0 Å². The van der Waals surface area contributed by atoms with Gasteiger partial charge in [-0.2, -0.15) is 0 Å². The summed E-state index contributed by atoms with van der Waals surface area (Å²) in [5.41, 5.74) is 2.11. The first-order chi connectivity index (χ1) is 15.2. The van der Waals surface area contributed by atoms with E-state index in [1.165, 1.54) is 0 Å². The average Bonchev–Trinajstić information content (AvgIpc) is 3.33. The Labute approximate surface area is 182 Å². The first kappa shape index (κ1) is 21.0. The van der Waals surface area contributed by atoms with E-state index in [0.717, 1.165) is 16.9 Å². The third-order valence-corrected chi connectivity index (χ3v) is 5.80. The molecule has 4 rings (SSSR count). The zero-order chi connectivity index (χ0) is 21.6. The lowest BCUT2D eigenvalue weighted by atomic mass is 9.93. The molecule has 6 heteroatoms. The molecule has 0 aliphatic carbocycles. The van der Waals surface area contributed by atoms with Crippen LogP contribution in [0.25, 0.3) is 0 Å². The van der Waals surface area contributed by atoms with Crippen molar-refractivity contribution in [2.75, 3.05) is 20.2 Å². The number of carboxylic acids is 1. The molecule has 162 valence electrons. The van der Waals surface area contributed by atoms with Crippen molar-refractivity contribution in [2.24, 2.45) is 5.92 Å². The Morgan fingerprint density at radius 3 is 2.52 bits per heavy atom. The minimum atomic E-state index is -0.712. The second-order valence-corrected chi connectivity index (χ2v) is 7.75. The summed E-state index contributed by atoms with van der Waals surface area (Å²) in [7, 11) is 1.63. The van der Waals surface area contributed by atoms with E-state index in [9.17, 15) is 9.90 Å². The highest BCUT2D eigenvalue weighted by Crippen LogP contribution is 2.37. The predicted molar refractivity (Wildman–Crippen MR) is 116 cm³/mol. The van der Waals surface area contributed by atoms with E-state index < -0.39 is 5.97 Å². The summed E-state index contributed by atoms with van der Waals surface area (Å²) in [5, 5.41) is 9.33. The number of methoxy groups -OCH3 is 1. The molecule has 2 aromatic carbocycles. The van der Waals surface area contributed by atoms with Gasteiger partial charge >= 0.3 is 5.97 Å². The fraction of sp³-hybridized carbons (Fsp3) is 0.320. The number of furan rings is 1. The molecule has 1 fully saturated rings. The van der Waals surface area contributed by atoms with Crippen molar-refractivity contribution < 1.29 is 23.8 Å². The van der Waals surface area contributed by atoms with E-state index in [0.29, 0.717) is 44.0 Å². The Balaban J connectivity index is 1.56. The van der Waals surface area contributed by atoms with E-state index in [-0.39, 0.29) is 12.0 Å². The van der Waals surface area contributed by atoms with Crippen LogP contribution in [0.4, 0.5) is 0 Å². The summed E-state index contributed by atoms with van der Waals surface area (Å²) in [6, 6.07) is 19.7. The molecule has 0 bridgehead atoms. The molecule has 2 heterocycles. The molecule has 0 radical (unpaired) electrons. The number of likely N-dealkylation sites (tertiary alicyclic amines) is 1. The first-order valence-electron chi connectivity index (χ1n) is 10.5. The third kappa shape index (κ3) is 4.91. The number of nitrogens with zero attached hydrogens (tertiary/aromatic N) is 1. The van der Waals surface area contributed by atoms with Gasteiger partial charge in [0.05, 0.1) is 25.3 Å². The van der Waals surface area contributed by atoms with Crippen molar-refractivity contribution in [3.05, 3.63) is 83.8 Å². The Bertz CT molecular complexity index is 978. The van der Waals surface area contributed by atoms with Crippen molar-refractivity contribution in [3.8, 4) is 11.5 Å². The molecule has 0 amide bonds. The summed E-state index contributed by atoms with van der Waals surface area (Å²) in [4.78, 5) is 13.6. The third-order valence-electron chi connectivity index (χ3n) is 5.80. The normalized spacial score (nSPS) is 16.0. The molecular formula is C25H27NO5. The topological polar surface area (TPSA) is 72.1 Å². The molecule has 1 atom stereocenters. The Morgan fingerprint density at radius 1 is 1.10 bits per heavy atom. The number of aliphatic carboxylic acids is 1. The highest BCUT2D eigenvalue weighted by atomic mass is 16.5. The fourth-order valence-corrected chi connectivity index (χ4v) is 4.12. The van der Waals surface area contributed by atoms with Gasteiger partial charge in [0.1, 0.15) is 12.4 Å². The molecule has 1 aliphatic rings. The maximum Gasteiger partial charge on any atom is 0.306 e. The zero-order valence-electron chi connectivity index (χ0n) is 17.6. The van der Waals surface area contributed by atoms with Crippen LogP contribution in [0, 0.1) is 5.92 Å².